The Kier molecular flexibility index (Phi) is 3.58. The second-order valence-electron chi connectivity index (χ2n) is 1.49. The highest BCUT2D eigenvalue weighted by Crippen LogP contribution is 1.86. The van der Waals surface area contributed by atoms with Crippen molar-refractivity contribution in [3.05, 3.63) is 16.4 Å². The van der Waals surface area contributed by atoms with E-state index in [1.807, 2.05) is 23.1 Å². The van der Waals surface area contributed by atoms with Gasteiger partial charge in [-0.15, -0.1) is 23.7 Å². The van der Waals surface area contributed by atoms with E-state index in [-0.39, 0.29) is 12.4 Å². The first-order valence-corrected chi connectivity index (χ1v) is 3.41. The molecule has 2 nitrogen and oxygen atoms in total. The molecule has 1 N–H and O–H groups in total. The maximum Gasteiger partial charge on any atom is 0.181 e. The van der Waals surface area contributed by atoms with Gasteiger partial charge in [-0.1, -0.05) is 0 Å². The van der Waals surface area contributed by atoms with Crippen molar-refractivity contribution in [2.75, 3.05) is 0 Å². The molecule has 0 atom stereocenters. The fourth-order valence-electron chi connectivity index (χ4n) is 0.553. The normalized spacial score (nSPS) is 8.56. The zero-order chi connectivity index (χ0) is 5.98. The molecule has 1 aromatic rings. The molecule has 0 aliphatic heterocycles. The van der Waals surface area contributed by atoms with Gasteiger partial charge in [0.1, 0.15) is 0 Å². The van der Waals surface area contributed by atoms with E-state index in [4.69, 9.17) is 5.41 Å². The Labute approximate surface area is 64.1 Å². The Morgan fingerprint density at radius 1 is 1.78 bits per heavy atom. The lowest BCUT2D eigenvalue weighted by atomic mass is 10.7. The number of hydrogen-bond acceptors (Lipinski definition) is 2. The number of aryl methyl sites for hydroxylation is 1. The molecule has 4 heteroatoms. The van der Waals surface area contributed by atoms with Gasteiger partial charge < -0.3 is 4.57 Å². The predicted octanol–water partition coefficient (Wildman–Crippen LogP) is 1.47. The van der Waals surface area contributed by atoms with Crippen molar-refractivity contribution in [1.29, 1.82) is 5.41 Å². The van der Waals surface area contributed by atoms with E-state index in [9.17, 15) is 0 Å². The van der Waals surface area contributed by atoms with Crippen molar-refractivity contribution in [1.82, 2.24) is 4.57 Å². The van der Waals surface area contributed by atoms with Gasteiger partial charge in [0.05, 0.1) is 0 Å². The highest BCUT2D eigenvalue weighted by Gasteiger charge is 1.84. The maximum absolute atomic E-state index is 7.23. The van der Waals surface area contributed by atoms with Crippen LogP contribution in [0.15, 0.2) is 11.6 Å². The minimum atomic E-state index is 0. The van der Waals surface area contributed by atoms with E-state index < -0.39 is 0 Å². The molecule has 0 saturated heterocycles. The van der Waals surface area contributed by atoms with Crippen LogP contribution in [-0.4, -0.2) is 4.57 Å². The number of nitrogens with one attached hydrogen (secondary N) is 1. The molecule has 1 heterocycles. The van der Waals surface area contributed by atoms with Crippen LogP contribution >= 0.6 is 23.7 Å². The number of hydrogen-bond donors (Lipinski definition) is 1. The molecule has 0 saturated carbocycles. The largest absolute Gasteiger partial charge is 0.324 e. The van der Waals surface area contributed by atoms with Crippen LogP contribution in [0.25, 0.3) is 0 Å². The van der Waals surface area contributed by atoms with Gasteiger partial charge in [-0.25, -0.2) is 0 Å². The summed E-state index contributed by atoms with van der Waals surface area (Å²) >= 11 is 1.46. The highest BCUT2D eigenvalue weighted by molar-refractivity contribution is 7.06. The maximum atomic E-state index is 7.23. The van der Waals surface area contributed by atoms with E-state index in [1.165, 1.54) is 11.3 Å². The van der Waals surface area contributed by atoms with Crippen LogP contribution in [0.3, 0.4) is 0 Å². The number of rotatable bonds is 1. The van der Waals surface area contributed by atoms with Crippen LogP contribution in [0, 0.1) is 5.41 Å². The molecule has 1 aromatic heterocycles. The van der Waals surface area contributed by atoms with Crippen molar-refractivity contribution in [3.63, 3.8) is 0 Å². The molecule has 0 bridgehead atoms. The first-order valence-electron chi connectivity index (χ1n) is 2.53. The summed E-state index contributed by atoms with van der Waals surface area (Å²) in [7, 11) is 0. The van der Waals surface area contributed by atoms with Gasteiger partial charge in [0.2, 0.25) is 0 Å². The second kappa shape index (κ2) is 3.69. The van der Waals surface area contributed by atoms with Gasteiger partial charge in [0.25, 0.3) is 0 Å². The molecule has 0 aliphatic rings. The van der Waals surface area contributed by atoms with Crippen LogP contribution in [-0.2, 0) is 6.54 Å². The standard InChI is InChI=1S/C5H8N2S.ClH/c1-2-7-3-4-8-5(7)6;/h3-4,6H,2H2,1H3;1H. The van der Waals surface area contributed by atoms with E-state index in [1.54, 1.807) is 0 Å². The van der Waals surface area contributed by atoms with Gasteiger partial charge in [-0.2, -0.15) is 0 Å². The van der Waals surface area contributed by atoms with Crippen molar-refractivity contribution in [3.8, 4) is 0 Å². The van der Waals surface area contributed by atoms with Crippen molar-refractivity contribution in [2.24, 2.45) is 0 Å². The van der Waals surface area contributed by atoms with Gasteiger partial charge >= 0.3 is 0 Å². The third-order valence-electron chi connectivity index (χ3n) is 1.02. The first-order chi connectivity index (χ1) is 3.84. The Bertz CT molecular complexity index is 215. The van der Waals surface area contributed by atoms with Gasteiger partial charge in [-0.3, -0.25) is 5.41 Å². The summed E-state index contributed by atoms with van der Waals surface area (Å²) in [5.74, 6) is 0. The fourth-order valence-corrected chi connectivity index (χ4v) is 1.21. The van der Waals surface area contributed by atoms with E-state index in [0.717, 1.165) is 6.54 Å². The Hall–Kier alpha value is -0.280. The first kappa shape index (κ1) is 8.72. The minimum Gasteiger partial charge on any atom is -0.324 e. The second-order valence-corrected chi connectivity index (χ2v) is 2.39. The third-order valence-corrected chi connectivity index (χ3v) is 1.74. The summed E-state index contributed by atoms with van der Waals surface area (Å²) < 4.78 is 1.89. The Morgan fingerprint density at radius 2 is 2.44 bits per heavy atom. The van der Waals surface area contributed by atoms with Gasteiger partial charge in [-0.05, 0) is 6.92 Å². The van der Waals surface area contributed by atoms with Crippen molar-refractivity contribution < 1.29 is 0 Å². The molecule has 0 amide bonds. The van der Waals surface area contributed by atoms with E-state index in [0.29, 0.717) is 4.80 Å². The number of halogens is 1. The molecule has 0 spiro atoms. The van der Waals surface area contributed by atoms with Gasteiger partial charge in [0.15, 0.2) is 4.80 Å². The molecule has 0 fully saturated rings. The van der Waals surface area contributed by atoms with Crippen LogP contribution < -0.4 is 4.80 Å². The summed E-state index contributed by atoms with van der Waals surface area (Å²) in [4.78, 5) is 0.632. The SMILES string of the molecule is CCn1ccsc1=N.Cl. The summed E-state index contributed by atoms with van der Waals surface area (Å²) in [6.07, 6.45) is 1.92. The number of nitrogens with zero attached hydrogens (tertiary/aromatic N) is 1. The summed E-state index contributed by atoms with van der Waals surface area (Å²) in [5, 5.41) is 9.15. The quantitative estimate of drug-likeness (QED) is 0.652. The van der Waals surface area contributed by atoms with Crippen LogP contribution in [0.2, 0.25) is 0 Å². The zero-order valence-corrected chi connectivity index (χ0v) is 6.76. The summed E-state index contributed by atoms with van der Waals surface area (Å²) in [6.45, 7) is 2.94. The average Bonchev–Trinajstić information content (AvgIpc) is 2.14. The fraction of sp³-hybridized carbons (Fsp3) is 0.400. The lowest BCUT2D eigenvalue weighted by molar-refractivity contribution is 0.728. The van der Waals surface area contributed by atoms with Crippen LogP contribution in [0.4, 0.5) is 0 Å². The predicted molar refractivity (Wildman–Crippen MR) is 41.1 cm³/mol. The van der Waals surface area contributed by atoms with Crippen molar-refractivity contribution in [2.45, 2.75) is 13.5 Å². The minimum absolute atomic E-state index is 0. The summed E-state index contributed by atoms with van der Waals surface area (Å²) in [5.41, 5.74) is 0. The molecule has 9 heavy (non-hydrogen) atoms. The van der Waals surface area contributed by atoms with Crippen LogP contribution in [0.1, 0.15) is 6.92 Å². The Balaban J connectivity index is 0.000000640. The summed E-state index contributed by atoms with van der Waals surface area (Å²) in [6, 6.07) is 0. The highest BCUT2D eigenvalue weighted by atomic mass is 35.5. The van der Waals surface area contributed by atoms with E-state index >= 15 is 0 Å². The molecular weight excluding hydrogens is 156 g/mol. The lowest BCUT2D eigenvalue weighted by Gasteiger charge is -1.89. The van der Waals surface area contributed by atoms with E-state index in [2.05, 4.69) is 0 Å². The average molecular weight is 165 g/mol. The molecule has 52 valence electrons. The molecule has 0 aromatic carbocycles. The number of thiazole rings is 1. The molecule has 0 radical (unpaired) electrons. The van der Waals surface area contributed by atoms with Crippen LogP contribution in [0.5, 0.6) is 0 Å². The molecule has 0 aliphatic carbocycles. The van der Waals surface area contributed by atoms with Gasteiger partial charge in [0, 0.05) is 18.1 Å². The molecule has 1 rings (SSSR count). The smallest absolute Gasteiger partial charge is 0.181 e. The molecule has 0 unspecified atom stereocenters. The monoisotopic (exact) mass is 164 g/mol. The topological polar surface area (TPSA) is 28.8 Å². The Morgan fingerprint density at radius 3 is 2.67 bits per heavy atom. The zero-order valence-electron chi connectivity index (χ0n) is 5.13. The molecular formula is C5H9ClN2S. The number of aromatic nitrogens is 1. The van der Waals surface area contributed by atoms with Crippen molar-refractivity contribution >= 4 is 23.7 Å². The lowest BCUT2D eigenvalue weighted by Crippen LogP contribution is -2.09. The third kappa shape index (κ3) is 1.84.